The Balaban J connectivity index is 1.83. The average Bonchev–Trinajstić information content (AvgIpc) is 2.60. The normalized spacial score (nSPS) is 15.6. The van der Waals surface area contributed by atoms with E-state index >= 15 is 0 Å². The second-order valence-electron chi connectivity index (χ2n) is 6.33. The van der Waals surface area contributed by atoms with Gasteiger partial charge in [-0.05, 0) is 63.3 Å². The third kappa shape index (κ3) is 5.23. The molecule has 1 aromatic carbocycles. The molecule has 1 fully saturated rings. The summed E-state index contributed by atoms with van der Waals surface area (Å²) < 4.78 is 5.18. The number of benzene rings is 1. The van der Waals surface area contributed by atoms with E-state index in [0.29, 0.717) is 16.8 Å². The molecule has 134 valence electrons. The molecule has 1 N–H and O–H groups in total. The van der Waals surface area contributed by atoms with Gasteiger partial charge in [0.2, 0.25) is 0 Å². The Morgan fingerprint density at radius 1 is 1.42 bits per heavy atom. The monoisotopic (exact) mass is 369 g/mol. The molecule has 1 saturated heterocycles. The molecule has 0 bridgehead atoms. The largest absolute Gasteiger partial charge is 0.495 e. The molecule has 1 heterocycles. The van der Waals surface area contributed by atoms with Gasteiger partial charge in [-0.25, -0.2) is 0 Å². The smallest absolute Gasteiger partial charge is 0.173 e. The van der Waals surface area contributed by atoms with Crippen LogP contribution in [0.2, 0.25) is 5.02 Å². The minimum atomic E-state index is 0.585. The molecule has 4 nitrogen and oxygen atoms in total. The first-order valence-corrected chi connectivity index (χ1v) is 9.43. The van der Waals surface area contributed by atoms with Crippen LogP contribution in [0.15, 0.2) is 18.2 Å². The van der Waals surface area contributed by atoms with Crippen molar-refractivity contribution in [2.24, 2.45) is 0 Å². The van der Waals surface area contributed by atoms with Gasteiger partial charge < -0.3 is 19.9 Å². The van der Waals surface area contributed by atoms with Crippen molar-refractivity contribution in [1.29, 1.82) is 0 Å². The highest BCUT2D eigenvalue weighted by Gasteiger charge is 2.23. The lowest BCUT2D eigenvalue weighted by Gasteiger charge is -2.38. The number of ether oxygens (including phenoxy) is 1. The number of nitrogens with zero attached hydrogens (tertiary/aromatic N) is 2. The molecule has 0 unspecified atom stereocenters. The molecule has 0 aromatic heterocycles. The van der Waals surface area contributed by atoms with Gasteiger partial charge >= 0.3 is 0 Å². The van der Waals surface area contributed by atoms with Crippen LogP contribution < -0.4 is 10.1 Å². The third-order valence-electron chi connectivity index (χ3n) is 4.64. The lowest BCUT2D eigenvalue weighted by molar-refractivity contribution is 0.163. The number of halogens is 1. The summed E-state index contributed by atoms with van der Waals surface area (Å²) in [4.78, 5) is 4.75. The molecule has 24 heavy (non-hydrogen) atoms. The van der Waals surface area contributed by atoms with Gasteiger partial charge in [0.05, 0.1) is 12.1 Å². The zero-order valence-corrected chi connectivity index (χ0v) is 16.4. The summed E-state index contributed by atoms with van der Waals surface area (Å²) in [6.07, 6.45) is 4.84. The number of likely N-dealkylation sites (tertiary alicyclic amines) is 1. The summed E-state index contributed by atoms with van der Waals surface area (Å²) in [6.45, 7) is 5.42. The quantitative estimate of drug-likeness (QED) is 0.757. The van der Waals surface area contributed by atoms with Gasteiger partial charge in [0.15, 0.2) is 5.11 Å². The Morgan fingerprint density at radius 3 is 2.71 bits per heavy atom. The van der Waals surface area contributed by atoms with Crippen LogP contribution >= 0.6 is 23.8 Å². The molecule has 1 aliphatic heterocycles. The van der Waals surface area contributed by atoms with Crippen molar-refractivity contribution in [2.75, 3.05) is 39.1 Å². The SMILES string of the molecule is CCCCN(C)C1CCN(C(=S)Nc2ccc(OC)c(Cl)c2)CC1. The Kier molecular flexibility index (Phi) is 7.59. The highest BCUT2D eigenvalue weighted by atomic mass is 35.5. The van der Waals surface area contributed by atoms with Crippen LogP contribution in [-0.2, 0) is 0 Å². The zero-order chi connectivity index (χ0) is 17.5. The van der Waals surface area contributed by atoms with E-state index in [1.54, 1.807) is 7.11 Å². The van der Waals surface area contributed by atoms with Crippen molar-refractivity contribution in [1.82, 2.24) is 9.80 Å². The van der Waals surface area contributed by atoms with Crippen LogP contribution in [0.5, 0.6) is 5.75 Å². The molecular weight excluding hydrogens is 342 g/mol. The molecule has 6 heteroatoms. The van der Waals surface area contributed by atoms with Crippen LogP contribution in [0, 0.1) is 0 Å². The Labute approximate surface area is 156 Å². The Hall–Kier alpha value is -1.04. The van der Waals surface area contributed by atoms with Gasteiger partial charge in [-0.2, -0.15) is 0 Å². The van der Waals surface area contributed by atoms with Gasteiger partial charge in [0.1, 0.15) is 5.75 Å². The molecule has 0 saturated carbocycles. The van der Waals surface area contributed by atoms with Crippen molar-refractivity contribution in [2.45, 2.75) is 38.6 Å². The van der Waals surface area contributed by atoms with Gasteiger partial charge in [-0.3, -0.25) is 0 Å². The molecule has 1 aromatic rings. The number of anilines is 1. The fourth-order valence-electron chi connectivity index (χ4n) is 3.05. The van der Waals surface area contributed by atoms with Crippen LogP contribution in [0.3, 0.4) is 0 Å². The lowest BCUT2D eigenvalue weighted by atomic mass is 10.0. The second kappa shape index (κ2) is 9.44. The summed E-state index contributed by atoms with van der Waals surface area (Å²) in [6, 6.07) is 6.30. The molecule has 0 amide bonds. The standard InChI is InChI=1S/C18H28ClN3OS/c1-4-5-10-21(2)15-8-11-22(12-9-15)18(24)20-14-6-7-17(23-3)16(19)13-14/h6-7,13,15H,4-5,8-12H2,1-3H3,(H,20,24). The molecule has 1 aliphatic rings. The summed E-state index contributed by atoms with van der Waals surface area (Å²) >= 11 is 11.7. The first-order chi connectivity index (χ1) is 11.5. The van der Waals surface area contributed by atoms with Crippen molar-refractivity contribution in [3.63, 3.8) is 0 Å². The zero-order valence-electron chi connectivity index (χ0n) is 14.8. The summed E-state index contributed by atoms with van der Waals surface area (Å²) in [7, 11) is 3.85. The van der Waals surface area contributed by atoms with E-state index in [4.69, 9.17) is 28.6 Å². The average molecular weight is 370 g/mol. The number of rotatable bonds is 6. The van der Waals surface area contributed by atoms with Gasteiger partial charge in [-0.15, -0.1) is 0 Å². The van der Waals surface area contributed by atoms with Crippen LogP contribution in [0.4, 0.5) is 5.69 Å². The number of methoxy groups -OCH3 is 1. The maximum atomic E-state index is 6.17. The molecular formula is C18H28ClN3OS. The first kappa shape index (κ1) is 19.3. The van der Waals surface area contributed by atoms with E-state index in [2.05, 4.69) is 29.1 Å². The number of piperidine rings is 1. The Bertz CT molecular complexity index is 547. The molecule has 0 radical (unpaired) electrons. The molecule has 2 rings (SSSR count). The van der Waals surface area contributed by atoms with Crippen LogP contribution in [-0.4, -0.2) is 54.7 Å². The van der Waals surface area contributed by atoms with Crippen molar-refractivity contribution in [3.05, 3.63) is 23.2 Å². The summed E-state index contributed by atoms with van der Waals surface area (Å²) in [5, 5.41) is 4.64. The van der Waals surface area contributed by atoms with Gasteiger partial charge in [0.25, 0.3) is 0 Å². The summed E-state index contributed by atoms with van der Waals surface area (Å²) in [5.74, 6) is 0.670. The number of thiocarbonyl (C=S) groups is 1. The minimum absolute atomic E-state index is 0.585. The van der Waals surface area contributed by atoms with E-state index in [9.17, 15) is 0 Å². The summed E-state index contributed by atoms with van der Waals surface area (Å²) in [5.41, 5.74) is 0.896. The van der Waals surface area contributed by atoms with E-state index < -0.39 is 0 Å². The van der Waals surface area contributed by atoms with Crippen molar-refractivity contribution < 1.29 is 4.74 Å². The van der Waals surface area contributed by atoms with E-state index in [0.717, 1.165) is 36.7 Å². The fraction of sp³-hybridized carbons (Fsp3) is 0.611. The molecule has 0 atom stereocenters. The van der Waals surface area contributed by atoms with Crippen molar-refractivity contribution >= 4 is 34.6 Å². The predicted molar refractivity (Wildman–Crippen MR) is 106 cm³/mol. The highest BCUT2D eigenvalue weighted by Crippen LogP contribution is 2.27. The van der Waals surface area contributed by atoms with Crippen molar-refractivity contribution in [3.8, 4) is 5.75 Å². The fourth-order valence-corrected chi connectivity index (χ4v) is 3.60. The number of nitrogens with one attached hydrogen (secondary N) is 1. The minimum Gasteiger partial charge on any atom is -0.495 e. The predicted octanol–water partition coefficient (Wildman–Crippen LogP) is 4.24. The van der Waals surface area contributed by atoms with Gasteiger partial charge in [-0.1, -0.05) is 24.9 Å². The Morgan fingerprint density at radius 2 is 2.12 bits per heavy atom. The number of hydrogen-bond acceptors (Lipinski definition) is 3. The van der Waals surface area contributed by atoms with Crippen LogP contribution in [0.1, 0.15) is 32.6 Å². The highest BCUT2D eigenvalue weighted by molar-refractivity contribution is 7.80. The van der Waals surface area contributed by atoms with Crippen LogP contribution in [0.25, 0.3) is 0 Å². The lowest BCUT2D eigenvalue weighted by Crippen LogP contribution is -2.47. The number of hydrogen-bond donors (Lipinski definition) is 1. The maximum absolute atomic E-state index is 6.17. The van der Waals surface area contributed by atoms with E-state index in [-0.39, 0.29) is 0 Å². The third-order valence-corrected chi connectivity index (χ3v) is 5.30. The molecule has 0 spiro atoms. The first-order valence-electron chi connectivity index (χ1n) is 8.64. The second-order valence-corrected chi connectivity index (χ2v) is 7.13. The number of unbranched alkanes of at least 4 members (excludes halogenated alkanes) is 1. The molecule has 0 aliphatic carbocycles. The van der Waals surface area contributed by atoms with E-state index in [1.807, 2.05) is 18.2 Å². The van der Waals surface area contributed by atoms with E-state index in [1.165, 1.54) is 19.4 Å². The maximum Gasteiger partial charge on any atom is 0.173 e. The topological polar surface area (TPSA) is 27.7 Å². The van der Waals surface area contributed by atoms with Gasteiger partial charge in [0, 0.05) is 24.8 Å².